The molecule has 3 rings (SSSR count). The highest BCUT2D eigenvalue weighted by molar-refractivity contribution is 6.30. The lowest BCUT2D eigenvalue weighted by molar-refractivity contribution is -0.135. The van der Waals surface area contributed by atoms with E-state index in [4.69, 9.17) is 16.3 Å². The Morgan fingerprint density at radius 3 is 3.00 bits per heavy atom. The van der Waals surface area contributed by atoms with Gasteiger partial charge in [0.15, 0.2) is 0 Å². The zero-order chi connectivity index (χ0) is 16.1. The fourth-order valence-electron chi connectivity index (χ4n) is 3.48. The summed E-state index contributed by atoms with van der Waals surface area (Å²) >= 11 is 6.11. The molecule has 6 heteroatoms. The molecule has 2 unspecified atom stereocenters. The number of amides is 1. The highest BCUT2D eigenvalue weighted by Crippen LogP contribution is 2.26. The van der Waals surface area contributed by atoms with Crippen molar-refractivity contribution in [2.45, 2.75) is 44.2 Å². The van der Waals surface area contributed by atoms with Crippen LogP contribution in [0.3, 0.4) is 0 Å². The Bertz CT molecular complexity index is 536. The fourth-order valence-corrected chi connectivity index (χ4v) is 3.68. The Morgan fingerprint density at radius 2 is 2.25 bits per heavy atom. The summed E-state index contributed by atoms with van der Waals surface area (Å²) in [6, 6.07) is 7.90. The lowest BCUT2D eigenvalue weighted by Gasteiger charge is -2.37. The van der Waals surface area contributed by atoms with Gasteiger partial charge in [0.05, 0.1) is 12.1 Å². The van der Waals surface area contributed by atoms with Crippen molar-refractivity contribution >= 4 is 29.9 Å². The van der Waals surface area contributed by atoms with Gasteiger partial charge < -0.3 is 15.0 Å². The van der Waals surface area contributed by atoms with E-state index in [9.17, 15) is 4.79 Å². The molecular weight excluding hydrogens is 347 g/mol. The zero-order valence-corrected chi connectivity index (χ0v) is 15.5. The number of hydrogen-bond acceptors (Lipinski definition) is 3. The van der Waals surface area contributed by atoms with Crippen LogP contribution in [0.2, 0.25) is 5.02 Å². The van der Waals surface area contributed by atoms with Crippen LogP contribution in [0.4, 0.5) is 0 Å². The Morgan fingerprint density at radius 1 is 1.38 bits per heavy atom. The molecule has 1 amide bonds. The maximum Gasteiger partial charge on any atom is 0.223 e. The van der Waals surface area contributed by atoms with Gasteiger partial charge in [-0.2, -0.15) is 0 Å². The molecular formula is C18H26Cl2N2O2. The summed E-state index contributed by atoms with van der Waals surface area (Å²) < 4.78 is 5.74. The Labute approximate surface area is 155 Å². The molecule has 1 aromatic rings. The van der Waals surface area contributed by atoms with Crippen LogP contribution in [0.15, 0.2) is 24.3 Å². The van der Waals surface area contributed by atoms with Gasteiger partial charge >= 0.3 is 0 Å². The Balaban J connectivity index is 0.00000208. The summed E-state index contributed by atoms with van der Waals surface area (Å²) in [5.41, 5.74) is 1.10. The number of halogens is 2. The first-order chi connectivity index (χ1) is 11.2. The monoisotopic (exact) mass is 372 g/mol. The number of piperazine rings is 1. The van der Waals surface area contributed by atoms with Gasteiger partial charge in [-0.25, -0.2) is 0 Å². The smallest absolute Gasteiger partial charge is 0.223 e. The lowest BCUT2D eigenvalue weighted by atomic mass is 10.0. The second kappa shape index (κ2) is 9.62. The van der Waals surface area contributed by atoms with Gasteiger partial charge in [-0.3, -0.25) is 4.79 Å². The van der Waals surface area contributed by atoms with Crippen LogP contribution in [0.5, 0.6) is 0 Å². The van der Waals surface area contributed by atoms with E-state index >= 15 is 0 Å². The van der Waals surface area contributed by atoms with E-state index in [0.717, 1.165) is 56.1 Å². The molecule has 134 valence electrons. The summed E-state index contributed by atoms with van der Waals surface area (Å²) in [5.74, 6) is 0.227. The molecule has 2 atom stereocenters. The third-order valence-corrected chi connectivity index (χ3v) is 4.99. The van der Waals surface area contributed by atoms with Crippen molar-refractivity contribution in [2.24, 2.45) is 0 Å². The van der Waals surface area contributed by atoms with Gasteiger partial charge in [-0.1, -0.05) is 23.7 Å². The van der Waals surface area contributed by atoms with Gasteiger partial charge in [-0.05, 0) is 43.4 Å². The van der Waals surface area contributed by atoms with Crippen molar-refractivity contribution in [3.63, 3.8) is 0 Å². The molecule has 0 aromatic heterocycles. The molecule has 0 radical (unpaired) electrons. The van der Waals surface area contributed by atoms with E-state index in [1.54, 1.807) is 0 Å². The third kappa shape index (κ3) is 5.09. The molecule has 2 fully saturated rings. The number of carbonyl (C=O) groups is 1. The van der Waals surface area contributed by atoms with Crippen molar-refractivity contribution in [1.29, 1.82) is 0 Å². The van der Waals surface area contributed by atoms with Crippen LogP contribution in [-0.4, -0.2) is 43.2 Å². The van der Waals surface area contributed by atoms with Crippen molar-refractivity contribution < 1.29 is 9.53 Å². The summed E-state index contributed by atoms with van der Waals surface area (Å²) in [6.07, 6.45) is 5.14. The first-order valence-corrected chi connectivity index (χ1v) is 8.99. The fraction of sp³-hybridized carbons (Fsp3) is 0.611. The first-order valence-electron chi connectivity index (χ1n) is 8.61. The average Bonchev–Trinajstić information content (AvgIpc) is 2.60. The first kappa shape index (κ1) is 19.5. The van der Waals surface area contributed by atoms with Crippen LogP contribution in [-0.2, 0) is 9.53 Å². The summed E-state index contributed by atoms with van der Waals surface area (Å²) in [6.45, 7) is 3.23. The molecule has 1 aromatic carbocycles. The van der Waals surface area contributed by atoms with Crippen molar-refractivity contribution in [2.75, 3.05) is 26.2 Å². The topological polar surface area (TPSA) is 41.6 Å². The highest BCUT2D eigenvalue weighted by atomic mass is 35.5. The number of rotatable bonds is 4. The van der Waals surface area contributed by atoms with Gasteiger partial charge in [-0.15, -0.1) is 12.4 Å². The Kier molecular flexibility index (Phi) is 7.82. The quantitative estimate of drug-likeness (QED) is 0.877. The molecule has 0 bridgehead atoms. The number of ether oxygens (including phenoxy) is 1. The van der Waals surface area contributed by atoms with E-state index in [1.807, 2.05) is 29.2 Å². The van der Waals surface area contributed by atoms with E-state index in [2.05, 4.69) is 5.32 Å². The van der Waals surface area contributed by atoms with Crippen LogP contribution in [0.25, 0.3) is 0 Å². The predicted octanol–water partition coefficient (Wildman–Crippen LogP) is 3.58. The number of hydrogen-bond donors (Lipinski definition) is 1. The minimum Gasteiger partial charge on any atom is -0.378 e. The zero-order valence-electron chi connectivity index (χ0n) is 13.9. The van der Waals surface area contributed by atoms with Gasteiger partial charge in [0.1, 0.15) is 0 Å². The number of carbonyl (C=O) groups excluding carboxylic acids is 1. The van der Waals surface area contributed by atoms with Crippen molar-refractivity contribution in [3.05, 3.63) is 34.9 Å². The average molecular weight is 373 g/mol. The summed E-state index contributed by atoms with van der Waals surface area (Å²) in [4.78, 5) is 14.7. The van der Waals surface area contributed by atoms with Crippen LogP contribution in [0, 0.1) is 0 Å². The summed E-state index contributed by atoms with van der Waals surface area (Å²) in [7, 11) is 0. The second-order valence-electron chi connectivity index (χ2n) is 6.39. The Hall–Kier alpha value is -0.810. The normalized spacial score (nSPS) is 24.3. The van der Waals surface area contributed by atoms with Crippen LogP contribution in [0.1, 0.15) is 43.7 Å². The van der Waals surface area contributed by atoms with Gasteiger partial charge in [0, 0.05) is 37.7 Å². The molecule has 24 heavy (non-hydrogen) atoms. The molecule has 2 saturated heterocycles. The number of benzene rings is 1. The number of nitrogens with zero attached hydrogens (tertiary/aromatic N) is 1. The van der Waals surface area contributed by atoms with E-state index in [-0.39, 0.29) is 30.5 Å². The molecule has 0 saturated carbocycles. The second-order valence-corrected chi connectivity index (χ2v) is 6.83. The molecule has 2 aliphatic rings. The van der Waals surface area contributed by atoms with Crippen molar-refractivity contribution in [3.8, 4) is 0 Å². The summed E-state index contributed by atoms with van der Waals surface area (Å²) in [5, 5.41) is 4.10. The van der Waals surface area contributed by atoms with Crippen molar-refractivity contribution in [1.82, 2.24) is 10.2 Å². The predicted molar refractivity (Wildman–Crippen MR) is 98.8 cm³/mol. The molecule has 0 aliphatic carbocycles. The highest BCUT2D eigenvalue weighted by Gasteiger charge is 2.28. The molecule has 1 N–H and O–H groups in total. The van der Waals surface area contributed by atoms with E-state index in [1.165, 1.54) is 6.42 Å². The maximum absolute atomic E-state index is 12.7. The third-order valence-electron chi connectivity index (χ3n) is 4.75. The van der Waals surface area contributed by atoms with Crippen LogP contribution >= 0.6 is 24.0 Å². The van der Waals surface area contributed by atoms with Gasteiger partial charge in [0.2, 0.25) is 5.91 Å². The number of nitrogens with one attached hydrogen (secondary N) is 1. The maximum atomic E-state index is 12.7. The van der Waals surface area contributed by atoms with Crippen LogP contribution < -0.4 is 5.32 Å². The minimum atomic E-state index is 0. The largest absolute Gasteiger partial charge is 0.378 e. The molecule has 0 spiro atoms. The van der Waals surface area contributed by atoms with E-state index < -0.39 is 0 Å². The standard InChI is InChI=1S/C18H25ClN2O2.ClH/c19-15-5-3-4-14(12-15)17-13-20-9-10-21(17)18(22)8-7-16-6-1-2-11-23-16;/h3-5,12,16-17,20H,1-2,6-11,13H2;1H. The SMILES string of the molecule is Cl.O=C(CCC1CCCCO1)N1CCNCC1c1cccc(Cl)c1. The molecule has 4 nitrogen and oxygen atoms in total. The minimum absolute atomic E-state index is 0. The molecule has 2 aliphatic heterocycles. The lowest BCUT2D eigenvalue weighted by Crippen LogP contribution is -2.48. The van der Waals surface area contributed by atoms with E-state index in [0.29, 0.717) is 6.42 Å². The van der Waals surface area contributed by atoms with Gasteiger partial charge in [0.25, 0.3) is 0 Å². The molecule has 2 heterocycles.